The Morgan fingerprint density at radius 2 is 2.00 bits per heavy atom. The van der Waals surface area contributed by atoms with Crippen LogP contribution < -0.4 is 5.32 Å². The molecule has 0 aliphatic heterocycles. The summed E-state index contributed by atoms with van der Waals surface area (Å²) in [6.45, 7) is 3.52. The zero-order chi connectivity index (χ0) is 17.8. The van der Waals surface area contributed by atoms with E-state index in [0.29, 0.717) is 23.6 Å². The molecule has 1 unspecified atom stereocenters. The zero-order valence-corrected chi connectivity index (χ0v) is 14.5. The maximum atomic E-state index is 12.4. The van der Waals surface area contributed by atoms with Crippen LogP contribution in [0.15, 0.2) is 28.8 Å². The molecule has 2 aromatic rings. The van der Waals surface area contributed by atoms with Gasteiger partial charge >= 0.3 is 5.97 Å². The van der Waals surface area contributed by atoms with Crippen LogP contribution in [0.4, 0.5) is 5.82 Å². The third-order valence-corrected chi connectivity index (χ3v) is 4.38. The summed E-state index contributed by atoms with van der Waals surface area (Å²) in [6, 6.07) is 7.26. The fourth-order valence-corrected chi connectivity index (χ4v) is 3.01. The second kappa shape index (κ2) is 7.51. The molecule has 0 saturated carbocycles. The molecule has 1 aromatic carbocycles. The number of hydrogen-bond acceptors (Lipinski definition) is 5. The Bertz CT molecular complexity index is 781. The van der Waals surface area contributed by atoms with Crippen LogP contribution in [0.1, 0.15) is 53.4 Å². The number of anilines is 1. The van der Waals surface area contributed by atoms with E-state index in [1.54, 1.807) is 26.0 Å². The first-order chi connectivity index (χ1) is 12.1. The largest absolute Gasteiger partial charge is 0.449 e. The molecule has 1 amide bonds. The lowest BCUT2D eigenvalue weighted by atomic mass is 9.90. The molecule has 6 nitrogen and oxygen atoms in total. The first kappa shape index (κ1) is 17.2. The van der Waals surface area contributed by atoms with Gasteiger partial charge in [0, 0.05) is 6.07 Å². The van der Waals surface area contributed by atoms with E-state index in [0.717, 1.165) is 19.3 Å². The number of benzene rings is 1. The molecule has 1 heterocycles. The van der Waals surface area contributed by atoms with Gasteiger partial charge in [0.2, 0.25) is 0 Å². The Morgan fingerprint density at radius 3 is 2.68 bits per heavy atom. The predicted molar refractivity (Wildman–Crippen MR) is 92.4 cm³/mol. The van der Waals surface area contributed by atoms with Gasteiger partial charge in [0.15, 0.2) is 11.9 Å². The van der Waals surface area contributed by atoms with Crippen LogP contribution in [0.2, 0.25) is 0 Å². The van der Waals surface area contributed by atoms with Gasteiger partial charge in [0.05, 0.1) is 5.56 Å². The van der Waals surface area contributed by atoms with Gasteiger partial charge in [-0.25, -0.2) is 4.79 Å². The molecule has 1 atom stereocenters. The van der Waals surface area contributed by atoms with Gasteiger partial charge in [-0.05, 0) is 62.3 Å². The molecule has 132 valence electrons. The Morgan fingerprint density at radius 1 is 1.24 bits per heavy atom. The lowest BCUT2D eigenvalue weighted by Gasteiger charge is -2.18. The van der Waals surface area contributed by atoms with Gasteiger partial charge in [-0.2, -0.15) is 0 Å². The molecule has 1 aromatic heterocycles. The van der Waals surface area contributed by atoms with Crippen molar-refractivity contribution in [2.45, 2.75) is 52.1 Å². The number of carbonyl (C=O) groups excluding carboxylic acids is 2. The standard InChI is InChI=1S/C19H22N2O4/c1-3-16(18(22)20-17-10-12(2)25-21-17)24-19(23)15-9-8-13-6-4-5-7-14(13)11-15/h8-11,16H,3-7H2,1-2H3,(H,20,21,22). The van der Waals surface area contributed by atoms with Crippen molar-refractivity contribution in [2.24, 2.45) is 0 Å². The molecular formula is C19H22N2O4. The van der Waals surface area contributed by atoms with Crippen molar-refractivity contribution < 1.29 is 18.8 Å². The van der Waals surface area contributed by atoms with Crippen LogP contribution in [-0.4, -0.2) is 23.1 Å². The van der Waals surface area contributed by atoms with Gasteiger partial charge in [0.1, 0.15) is 5.76 Å². The summed E-state index contributed by atoms with van der Waals surface area (Å²) >= 11 is 0. The molecule has 1 aliphatic carbocycles. The zero-order valence-electron chi connectivity index (χ0n) is 14.5. The molecule has 25 heavy (non-hydrogen) atoms. The Balaban J connectivity index is 1.66. The molecule has 1 aliphatic rings. The van der Waals surface area contributed by atoms with Crippen molar-refractivity contribution in [1.82, 2.24) is 5.16 Å². The van der Waals surface area contributed by atoms with E-state index in [9.17, 15) is 9.59 Å². The fourth-order valence-electron chi connectivity index (χ4n) is 3.01. The van der Waals surface area contributed by atoms with E-state index in [-0.39, 0.29) is 0 Å². The number of carbonyl (C=O) groups is 2. The average molecular weight is 342 g/mol. The van der Waals surface area contributed by atoms with E-state index < -0.39 is 18.0 Å². The quantitative estimate of drug-likeness (QED) is 0.842. The predicted octanol–water partition coefficient (Wildman–Crippen LogP) is 3.44. The number of aryl methyl sites for hydroxylation is 3. The molecule has 0 spiro atoms. The Hall–Kier alpha value is -2.63. The SMILES string of the molecule is CCC(OC(=O)c1ccc2c(c1)CCCC2)C(=O)Nc1cc(C)on1. The average Bonchev–Trinajstić information content (AvgIpc) is 3.03. The van der Waals surface area contributed by atoms with Crippen LogP contribution in [-0.2, 0) is 22.4 Å². The molecule has 3 rings (SSSR count). The summed E-state index contributed by atoms with van der Waals surface area (Å²) < 4.78 is 10.3. The van der Waals surface area contributed by atoms with Gasteiger partial charge < -0.3 is 14.6 Å². The fraction of sp³-hybridized carbons (Fsp3) is 0.421. The van der Waals surface area contributed by atoms with Crippen molar-refractivity contribution >= 4 is 17.7 Å². The maximum absolute atomic E-state index is 12.4. The Labute approximate surface area is 146 Å². The third kappa shape index (κ3) is 4.07. The van der Waals surface area contributed by atoms with Gasteiger partial charge in [-0.1, -0.05) is 18.1 Å². The van der Waals surface area contributed by atoms with Crippen LogP contribution in [0, 0.1) is 6.92 Å². The summed E-state index contributed by atoms with van der Waals surface area (Å²) in [5.74, 6) is 0.00833. The molecule has 0 radical (unpaired) electrons. The molecule has 0 fully saturated rings. The highest BCUT2D eigenvalue weighted by Crippen LogP contribution is 2.23. The molecule has 0 saturated heterocycles. The smallest absolute Gasteiger partial charge is 0.338 e. The third-order valence-electron chi connectivity index (χ3n) is 4.38. The monoisotopic (exact) mass is 342 g/mol. The normalized spacial score (nSPS) is 14.5. The number of nitrogens with zero attached hydrogens (tertiary/aromatic N) is 1. The summed E-state index contributed by atoms with van der Waals surface area (Å²) in [7, 11) is 0. The van der Waals surface area contributed by atoms with E-state index >= 15 is 0 Å². The number of fused-ring (bicyclic) bond motifs is 1. The molecule has 1 N–H and O–H groups in total. The number of aromatic nitrogens is 1. The van der Waals surface area contributed by atoms with Gasteiger partial charge in [-0.3, -0.25) is 4.79 Å². The molecule has 0 bridgehead atoms. The van der Waals surface area contributed by atoms with Crippen LogP contribution >= 0.6 is 0 Å². The van der Waals surface area contributed by atoms with Gasteiger partial charge in [0.25, 0.3) is 5.91 Å². The summed E-state index contributed by atoms with van der Waals surface area (Å²) in [5, 5.41) is 6.31. The van der Waals surface area contributed by atoms with Crippen molar-refractivity contribution in [1.29, 1.82) is 0 Å². The van der Waals surface area contributed by atoms with E-state index in [1.807, 2.05) is 12.1 Å². The highest BCUT2D eigenvalue weighted by molar-refractivity contribution is 5.97. The van der Waals surface area contributed by atoms with Gasteiger partial charge in [-0.15, -0.1) is 0 Å². The van der Waals surface area contributed by atoms with E-state index in [2.05, 4.69) is 10.5 Å². The highest BCUT2D eigenvalue weighted by atomic mass is 16.5. The number of esters is 1. The highest BCUT2D eigenvalue weighted by Gasteiger charge is 2.23. The summed E-state index contributed by atoms with van der Waals surface area (Å²) in [5.41, 5.74) is 2.99. The lowest BCUT2D eigenvalue weighted by Crippen LogP contribution is -2.32. The minimum absolute atomic E-state index is 0.311. The second-order valence-corrected chi connectivity index (χ2v) is 6.30. The van der Waals surface area contributed by atoms with E-state index in [1.165, 1.54) is 17.5 Å². The maximum Gasteiger partial charge on any atom is 0.338 e. The van der Waals surface area contributed by atoms with Crippen molar-refractivity contribution in [3.63, 3.8) is 0 Å². The first-order valence-electron chi connectivity index (χ1n) is 8.63. The molecular weight excluding hydrogens is 320 g/mol. The minimum atomic E-state index is -0.875. The number of hydrogen-bond donors (Lipinski definition) is 1. The second-order valence-electron chi connectivity index (χ2n) is 6.30. The van der Waals surface area contributed by atoms with Crippen molar-refractivity contribution in [3.05, 3.63) is 46.7 Å². The molecule has 6 heteroatoms. The minimum Gasteiger partial charge on any atom is -0.449 e. The van der Waals surface area contributed by atoms with Crippen LogP contribution in [0.25, 0.3) is 0 Å². The first-order valence-corrected chi connectivity index (χ1v) is 8.63. The Kier molecular flexibility index (Phi) is 5.16. The van der Waals surface area contributed by atoms with Crippen molar-refractivity contribution in [2.75, 3.05) is 5.32 Å². The number of nitrogens with one attached hydrogen (secondary N) is 1. The lowest BCUT2D eigenvalue weighted by molar-refractivity contribution is -0.124. The van der Waals surface area contributed by atoms with Crippen LogP contribution in [0.5, 0.6) is 0 Å². The number of rotatable bonds is 5. The topological polar surface area (TPSA) is 81.4 Å². The van der Waals surface area contributed by atoms with Crippen molar-refractivity contribution in [3.8, 4) is 0 Å². The summed E-state index contributed by atoms with van der Waals surface area (Å²) in [6.07, 6.45) is 3.88. The number of ether oxygens (including phenoxy) is 1. The van der Waals surface area contributed by atoms with E-state index in [4.69, 9.17) is 9.26 Å². The van der Waals surface area contributed by atoms with Crippen LogP contribution in [0.3, 0.4) is 0 Å². The summed E-state index contributed by atoms with van der Waals surface area (Å²) in [4.78, 5) is 24.7. The number of amides is 1.